The Morgan fingerprint density at radius 2 is 1.94 bits per heavy atom. The second-order valence-electron chi connectivity index (χ2n) is 8.55. The molecule has 9 heteroatoms. The van der Waals surface area contributed by atoms with Crippen molar-refractivity contribution in [2.24, 2.45) is 18.2 Å². The molecule has 0 radical (unpaired) electrons. The molecular formula is C23H28Cl2N6O. The summed E-state index contributed by atoms with van der Waals surface area (Å²) in [6.45, 7) is 3.92. The summed E-state index contributed by atoms with van der Waals surface area (Å²) in [6, 6.07) is 5.43. The molecule has 1 fully saturated rings. The molecule has 7 nitrogen and oxygen atoms in total. The third-order valence-corrected chi connectivity index (χ3v) is 7.33. The smallest absolute Gasteiger partial charge is 0.153 e. The van der Waals surface area contributed by atoms with Gasteiger partial charge in [0.25, 0.3) is 0 Å². The Morgan fingerprint density at radius 1 is 1.19 bits per heavy atom. The molecule has 3 heterocycles. The Hall–Kier alpha value is -2.19. The van der Waals surface area contributed by atoms with Gasteiger partial charge in [0.2, 0.25) is 0 Å². The average Bonchev–Trinajstić information content (AvgIpc) is 3.20. The van der Waals surface area contributed by atoms with Crippen LogP contribution in [0.4, 0.5) is 5.82 Å². The van der Waals surface area contributed by atoms with Gasteiger partial charge < -0.3 is 20.3 Å². The van der Waals surface area contributed by atoms with Crippen molar-refractivity contribution in [2.45, 2.75) is 32.8 Å². The fourth-order valence-corrected chi connectivity index (χ4v) is 4.82. The van der Waals surface area contributed by atoms with Crippen molar-refractivity contribution in [3.63, 3.8) is 0 Å². The number of nitrogens with two attached hydrogens (primary N) is 1. The minimum Gasteiger partial charge on any atom is -0.390 e. The summed E-state index contributed by atoms with van der Waals surface area (Å²) < 4.78 is 2.06. The van der Waals surface area contributed by atoms with E-state index in [-0.39, 0.29) is 12.0 Å². The van der Waals surface area contributed by atoms with Crippen LogP contribution in [0.2, 0.25) is 10.0 Å². The van der Waals surface area contributed by atoms with Gasteiger partial charge in [-0.3, -0.25) is 0 Å². The van der Waals surface area contributed by atoms with Gasteiger partial charge in [-0.1, -0.05) is 35.3 Å². The Kier molecular flexibility index (Phi) is 6.72. The molecule has 1 aliphatic heterocycles. The number of halogens is 2. The van der Waals surface area contributed by atoms with E-state index in [1.54, 1.807) is 6.07 Å². The molecule has 0 bridgehead atoms. The summed E-state index contributed by atoms with van der Waals surface area (Å²) in [5, 5.41) is 11.0. The molecule has 0 atom stereocenters. The Morgan fingerprint density at radius 3 is 2.56 bits per heavy atom. The van der Waals surface area contributed by atoms with Crippen LogP contribution in [0.15, 0.2) is 30.7 Å². The van der Waals surface area contributed by atoms with Crippen LogP contribution in [0, 0.1) is 12.3 Å². The van der Waals surface area contributed by atoms with Gasteiger partial charge in [0.15, 0.2) is 5.82 Å². The number of aliphatic hydroxyl groups excluding tert-OH is 1. The first-order valence-corrected chi connectivity index (χ1v) is 11.5. The van der Waals surface area contributed by atoms with Crippen LogP contribution in [0.3, 0.4) is 0 Å². The molecule has 0 saturated carbocycles. The second-order valence-corrected chi connectivity index (χ2v) is 9.34. The van der Waals surface area contributed by atoms with Crippen LogP contribution in [-0.2, 0) is 20.1 Å². The topological polar surface area (TPSA) is 93.1 Å². The van der Waals surface area contributed by atoms with Gasteiger partial charge >= 0.3 is 0 Å². The van der Waals surface area contributed by atoms with Gasteiger partial charge in [0.1, 0.15) is 5.69 Å². The molecule has 1 aromatic carbocycles. The molecule has 1 saturated heterocycles. The number of anilines is 1. The number of piperidine rings is 1. The Labute approximate surface area is 198 Å². The number of benzene rings is 1. The van der Waals surface area contributed by atoms with E-state index in [0.717, 1.165) is 43.9 Å². The minimum atomic E-state index is -0.207. The summed E-state index contributed by atoms with van der Waals surface area (Å²) in [6.07, 6.45) is 6.51. The SMILES string of the molecule is Cc1nc(N2CCC(CN)(Cc3cncn3C)CC2)c(CO)nc1-c1cccc(Cl)c1Cl. The van der Waals surface area contributed by atoms with Gasteiger partial charge in [0.05, 0.1) is 34.4 Å². The van der Waals surface area contributed by atoms with Crippen LogP contribution >= 0.6 is 23.2 Å². The molecule has 4 rings (SSSR count). The monoisotopic (exact) mass is 474 g/mol. The lowest BCUT2D eigenvalue weighted by atomic mass is 9.75. The summed E-state index contributed by atoms with van der Waals surface area (Å²) in [7, 11) is 2.02. The first kappa shape index (κ1) is 23.0. The number of nitrogens with zero attached hydrogens (tertiary/aromatic N) is 5. The normalized spacial score (nSPS) is 15.9. The molecule has 3 aromatic rings. The predicted octanol–water partition coefficient (Wildman–Crippen LogP) is 3.77. The van der Waals surface area contributed by atoms with E-state index in [1.165, 1.54) is 5.69 Å². The summed E-state index contributed by atoms with van der Waals surface area (Å²) >= 11 is 12.6. The number of aromatic nitrogens is 4. The van der Waals surface area contributed by atoms with E-state index in [1.807, 2.05) is 38.6 Å². The van der Waals surface area contributed by atoms with Crippen molar-refractivity contribution in [3.05, 3.63) is 57.9 Å². The quantitative estimate of drug-likeness (QED) is 0.564. The van der Waals surface area contributed by atoms with Crippen molar-refractivity contribution >= 4 is 29.0 Å². The van der Waals surface area contributed by atoms with E-state index < -0.39 is 0 Å². The van der Waals surface area contributed by atoms with Crippen molar-refractivity contribution < 1.29 is 5.11 Å². The maximum atomic E-state index is 10.1. The number of imidazole rings is 1. The fourth-order valence-electron chi connectivity index (χ4n) is 4.43. The minimum absolute atomic E-state index is 0.0282. The largest absolute Gasteiger partial charge is 0.390 e. The van der Waals surface area contributed by atoms with Crippen LogP contribution < -0.4 is 10.6 Å². The maximum Gasteiger partial charge on any atom is 0.153 e. The van der Waals surface area contributed by atoms with Crippen molar-refractivity contribution in [2.75, 3.05) is 24.5 Å². The summed E-state index contributed by atoms with van der Waals surface area (Å²) in [4.78, 5) is 16.0. The first-order valence-electron chi connectivity index (χ1n) is 10.7. The number of rotatable bonds is 6. The molecule has 0 amide bonds. The van der Waals surface area contributed by atoms with Crippen molar-refractivity contribution in [3.8, 4) is 11.3 Å². The molecule has 0 spiro atoms. The third kappa shape index (κ3) is 4.35. The maximum absolute atomic E-state index is 10.1. The van der Waals surface area contributed by atoms with Crippen LogP contribution in [0.25, 0.3) is 11.3 Å². The van der Waals surface area contributed by atoms with Crippen LogP contribution in [0.1, 0.15) is 29.9 Å². The molecule has 0 unspecified atom stereocenters. The zero-order chi connectivity index (χ0) is 22.9. The zero-order valence-electron chi connectivity index (χ0n) is 18.4. The van der Waals surface area contributed by atoms with Gasteiger partial charge in [-0.05, 0) is 44.2 Å². The molecule has 1 aliphatic rings. The van der Waals surface area contributed by atoms with Gasteiger partial charge in [-0.15, -0.1) is 0 Å². The first-order chi connectivity index (χ1) is 15.4. The standard InChI is InChI=1S/C23H28Cl2N6O/c1-15-21(17-4-3-5-18(24)20(17)25)29-19(12-32)22(28-15)31-8-6-23(13-26,7-9-31)10-16-11-27-14-30(16)2/h3-5,11,14,32H,6-10,12-13,26H2,1-2H3. The molecular weight excluding hydrogens is 447 g/mol. The zero-order valence-corrected chi connectivity index (χ0v) is 19.9. The lowest BCUT2D eigenvalue weighted by Crippen LogP contribution is -2.46. The number of aryl methyl sites for hydroxylation is 2. The highest BCUT2D eigenvalue weighted by Gasteiger charge is 2.35. The number of hydrogen-bond acceptors (Lipinski definition) is 6. The van der Waals surface area contributed by atoms with E-state index in [0.29, 0.717) is 33.5 Å². The Balaban J connectivity index is 1.59. The lowest BCUT2D eigenvalue weighted by molar-refractivity contribution is 0.221. The van der Waals surface area contributed by atoms with Gasteiger partial charge in [-0.25, -0.2) is 15.0 Å². The molecule has 3 N–H and O–H groups in total. The molecule has 170 valence electrons. The van der Waals surface area contributed by atoms with E-state index in [9.17, 15) is 5.11 Å². The van der Waals surface area contributed by atoms with Crippen molar-refractivity contribution in [1.29, 1.82) is 0 Å². The van der Waals surface area contributed by atoms with E-state index in [2.05, 4.69) is 14.5 Å². The van der Waals surface area contributed by atoms with Crippen LogP contribution in [0.5, 0.6) is 0 Å². The highest BCUT2D eigenvalue weighted by atomic mass is 35.5. The second kappa shape index (κ2) is 9.35. The predicted molar refractivity (Wildman–Crippen MR) is 128 cm³/mol. The summed E-state index contributed by atoms with van der Waals surface area (Å²) in [5.41, 5.74) is 10.1. The third-order valence-electron chi connectivity index (χ3n) is 6.51. The van der Waals surface area contributed by atoms with E-state index >= 15 is 0 Å². The van der Waals surface area contributed by atoms with E-state index in [4.69, 9.17) is 38.9 Å². The lowest BCUT2D eigenvalue weighted by Gasteiger charge is -2.42. The van der Waals surface area contributed by atoms with Crippen LogP contribution in [-0.4, -0.2) is 44.3 Å². The molecule has 0 aliphatic carbocycles. The average molecular weight is 475 g/mol. The van der Waals surface area contributed by atoms with Crippen molar-refractivity contribution in [1.82, 2.24) is 19.5 Å². The summed E-state index contributed by atoms with van der Waals surface area (Å²) in [5.74, 6) is 0.720. The molecule has 32 heavy (non-hydrogen) atoms. The number of hydrogen-bond donors (Lipinski definition) is 2. The van der Waals surface area contributed by atoms with Gasteiger partial charge in [0, 0.05) is 37.6 Å². The molecule has 2 aromatic heterocycles. The number of aliphatic hydroxyl groups is 1. The highest BCUT2D eigenvalue weighted by Crippen LogP contribution is 2.38. The van der Waals surface area contributed by atoms with Gasteiger partial charge in [-0.2, -0.15) is 0 Å². The highest BCUT2D eigenvalue weighted by molar-refractivity contribution is 6.43. The fraction of sp³-hybridized carbons (Fsp3) is 0.435. The Bertz CT molecular complexity index is 1110.